The van der Waals surface area contributed by atoms with Crippen LogP contribution in [0, 0.1) is 33.6 Å². The number of hydrogen-bond acceptors (Lipinski definition) is 1. The molecular weight excluding hydrogens is 522 g/mol. The Bertz CT molecular complexity index is 1990. The topological polar surface area (TPSA) is 22.0 Å². The molecule has 2 heteroatoms. The van der Waals surface area contributed by atoms with Crippen LogP contribution in [0.25, 0.3) is 32.6 Å². The first kappa shape index (κ1) is 27.7. The molecule has 6 aromatic rings. The highest BCUT2D eigenvalue weighted by Crippen LogP contribution is 2.39. The van der Waals surface area contributed by atoms with Gasteiger partial charge in [-0.05, 0) is 104 Å². The molecule has 0 unspecified atom stereocenters. The number of carbonyl (C=O) groups excluding carboxylic acids is 1. The van der Waals surface area contributed by atoms with Crippen molar-refractivity contribution in [2.45, 2.75) is 72.8 Å². The lowest BCUT2D eigenvalue weighted by Crippen LogP contribution is -2.14. The Kier molecular flexibility index (Phi) is 7.17. The molecule has 43 heavy (non-hydrogen) atoms. The molecule has 0 saturated heterocycles. The van der Waals surface area contributed by atoms with Crippen LogP contribution in [0.2, 0.25) is 0 Å². The molecule has 5 aromatic carbocycles. The highest BCUT2D eigenvalue weighted by Gasteiger charge is 2.24. The van der Waals surface area contributed by atoms with Gasteiger partial charge >= 0.3 is 0 Å². The number of carbonyl (C=O) groups is 1. The van der Waals surface area contributed by atoms with Gasteiger partial charge in [-0.25, -0.2) is 0 Å². The zero-order valence-corrected chi connectivity index (χ0v) is 26.0. The van der Waals surface area contributed by atoms with Crippen LogP contribution in [-0.2, 0) is 13.0 Å². The number of ketones is 1. The number of aromatic nitrogens is 1. The molecule has 1 heterocycles. The normalized spacial score (nSPS) is 14.2. The van der Waals surface area contributed by atoms with E-state index in [9.17, 15) is 4.79 Å². The zero-order valence-electron chi connectivity index (χ0n) is 26.0. The van der Waals surface area contributed by atoms with Gasteiger partial charge in [-0.15, -0.1) is 0 Å². The van der Waals surface area contributed by atoms with Crippen molar-refractivity contribution in [3.63, 3.8) is 0 Å². The van der Waals surface area contributed by atoms with Gasteiger partial charge in [-0.3, -0.25) is 4.79 Å². The molecular formula is C41H41NO. The fourth-order valence-corrected chi connectivity index (χ4v) is 7.83. The van der Waals surface area contributed by atoms with Gasteiger partial charge in [0.05, 0.1) is 5.52 Å². The molecule has 0 atom stereocenters. The van der Waals surface area contributed by atoms with Crippen molar-refractivity contribution in [3.8, 4) is 0 Å². The van der Waals surface area contributed by atoms with Gasteiger partial charge in [0.1, 0.15) is 0 Å². The summed E-state index contributed by atoms with van der Waals surface area (Å²) in [5.41, 5.74) is 11.5. The van der Waals surface area contributed by atoms with Crippen molar-refractivity contribution in [1.29, 1.82) is 0 Å². The maximum atomic E-state index is 14.5. The summed E-state index contributed by atoms with van der Waals surface area (Å²) in [6.45, 7) is 9.47. The van der Waals surface area contributed by atoms with Crippen LogP contribution in [0.4, 0.5) is 0 Å². The summed E-state index contributed by atoms with van der Waals surface area (Å²) >= 11 is 0. The van der Waals surface area contributed by atoms with E-state index in [1.165, 1.54) is 81.5 Å². The van der Waals surface area contributed by atoms with Crippen molar-refractivity contribution in [1.82, 2.24) is 4.57 Å². The largest absolute Gasteiger partial charge is 0.340 e. The third-order valence-corrected chi connectivity index (χ3v) is 9.90. The van der Waals surface area contributed by atoms with Crippen LogP contribution < -0.4 is 0 Å². The summed E-state index contributed by atoms with van der Waals surface area (Å²) in [6, 6.07) is 30.8. The second kappa shape index (κ2) is 11.2. The lowest BCUT2D eigenvalue weighted by Gasteiger charge is -2.23. The third kappa shape index (κ3) is 4.97. The molecule has 0 bridgehead atoms. The van der Waals surface area contributed by atoms with Crippen LogP contribution >= 0.6 is 0 Å². The van der Waals surface area contributed by atoms with Gasteiger partial charge in [-0.1, -0.05) is 91.6 Å². The molecule has 1 aromatic heterocycles. The van der Waals surface area contributed by atoms with E-state index >= 15 is 0 Å². The van der Waals surface area contributed by atoms with E-state index in [1.54, 1.807) is 0 Å². The Morgan fingerprint density at radius 3 is 2.14 bits per heavy atom. The summed E-state index contributed by atoms with van der Waals surface area (Å²) in [7, 11) is 0. The molecule has 0 spiro atoms. The summed E-state index contributed by atoms with van der Waals surface area (Å²) in [6.07, 6.45) is 7.52. The minimum absolute atomic E-state index is 0.123. The fourth-order valence-electron chi connectivity index (χ4n) is 7.83. The molecule has 0 aliphatic heterocycles. The first-order chi connectivity index (χ1) is 20.9. The second-order valence-corrected chi connectivity index (χ2v) is 13.0. The van der Waals surface area contributed by atoms with Crippen LogP contribution in [0.1, 0.15) is 81.4 Å². The number of fused-ring (bicyclic) bond motifs is 5. The zero-order chi connectivity index (χ0) is 29.7. The Morgan fingerprint density at radius 2 is 1.40 bits per heavy atom. The number of nitrogens with zero attached hydrogens (tertiary/aromatic N) is 1. The van der Waals surface area contributed by atoms with Crippen LogP contribution in [0.15, 0.2) is 84.9 Å². The Balaban J connectivity index is 1.49. The number of hydrogen-bond donors (Lipinski definition) is 0. The highest BCUT2D eigenvalue weighted by molar-refractivity contribution is 6.26. The molecule has 216 valence electrons. The van der Waals surface area contributed by atoms with E-state index in [2.05, 4.69) is 117 Å². The molecule has 0 radical (unpaired) electrons. The number of benzene rings is 5. The molecule has 1 fully saturated rings. The molecule has 7 rings (SSSR count). The van der Waals surface area contributed by atoms with Gasteiger partial charge in [0.25, 0.3) is 0 Å². The summed E-state index contributed by atoms with van der Waals surface area (Å²) in [5, 5.41) is 4.68. The smallest absolute Gasteiger partial charge is 0.194 e. The maximum Gasteiger partial charge on any atom is 0.194 e. The lowest BCUT2D eigenvalue weighted by molar-refractivity contribution is 0.103. The Labute approximate surface area is 255 Å². The Morgan fingerprint density at radius 1 is 0.698 bits per heavy atom. The highest BCUT2D eigenvalue weighted by atomic mass is 16.1. The monoisotopic (exact) mass is 563 g/mol. The van der Waals surface area contributed by atoms with Crippen molar-refractivity contribution in [3.05, 3.63) is 129 Å². The van der Waals surface area contributed by atoms with Gasteiger partial charge in [-0.2, -0.15) is 0 Å². The quantitative estimate of drug-likeness (QED) is 0.185. The standard InChI is InChI=1S/C41H41NO/c1-26-20-28(3)39(29(4)21-26)41(43)37-24-36-35-23-31(22-32-15-9-8-12-27(32)2)18-19-38(35)42(25-30-13-6-5-7-14-30)40(36)34-17-11-10-16-33(34)37/h8-12,15-21,23-24,30H,5-7,13-14,22,25H2,1-4H3. The minimum atomic E-state index is 0.123. The maximum absolute atomic E-state index is 14.5. The molecule has 0 amide bonds. The molecule has 0 N–H and O–H groups in total. The van der Waals surface area contributed by atoms with Crippen molar-refractivity contribution in [2.24, 2.45) is 5.92 Å². The van der Waals surface area contributed by atoms with Gasteiger partial charge in [0.15, 0.2) is 5.78 Å². The summed E-state index contributed by atoms with van der Waals surface area (Å²) in [5.74, 6) is 0.814. The number of rotatable bonds is 6. The Hall–Kier alpha value is -4.17. The van der Waals surface area contributed by atoms with E-state index < -0.39 is 0 Å². The summed E-state index contributed by atoms with van der Waals surface area (Å²) in [4.78, 5) is 14.5. The fraction of sp³-hybridized carbons (Fsp3) is 0.293. The van der Waals surface area contributed by atoms with E-state index in [0.29, 0.717) is 5.92 Å². The first-order valence-electron chi connectivity index (χ1n) is 16.0. The first-order valence-corrected chi connectivity index (χ1v) is 16.0. The van der Waals surface area contributed by atoms with Gasteiger partial charge in [0, 0.05) is 39.3 Å². The van der Waals surface area contributed by atoms with Crippen LogP contribution in [0.3, 0.4) is 0 Å². The third-order valence-electron chi connectivity index (χ3n) is 9.90. The predicted molar refractivity (Wildman–Crippen MR) is 182 cm³/mol. The van der Waals surface area contributed by atoms with Crippen molar-refractivity contribution in [2.75, 3.05) is 0 Å². The van der Waals surface area contributed by atoms with E-state index in [0.717, 1.165) is 40.6 Å². The molecule has 1 saturated carbocycles. The van der Waals surface area contributed by atoms with Crippen molar-refractivity contribution < 1.29 is 4.79 Å². The second-order valence-electron chi connectivity index (χ2n) is 13.0. The molecule has 1 aliphatic rings. The van der Waals surface area contributed by atoms with Crippen LogP contribution in [-0.4, -0.2) is 10.4 Å². The average molecular weight is 564 g/mol. The van der Waals surface area contributed by atoms with Gasteiger partial charge in [0.2, 0.25) is 0 Å². The van der Waals surface area contributed by atoms with E-state index in [1.807, 2.05) is 0 Å². The summed E-state index contributed by atoms with van der Waals surface area (Å²) < 4.78 is 2.59. The van der Waals surface area contributed by atoms with Crippen molar-refractivity contribution >= 4 is 38.4 Å². The molecule has 2 nitrogen and oxygen atoms in total. The van der Waals surface area contributed by atoms with E-state index in [-0.39, 0.29) is 5.78 Å². The minimum Gasteiger partial charge on any atom is -0.340 e. The SMILES string of the molecule is Cc1cc(C)c(C(=O)c2cc3c4cc(Cc5ccccc5C)ccc4n(CC4CCCCC4)c3c3ccccc23)c(C)c1. The number of aryl methyl sites for hydroxylation is 4. The molecule has 1 aliphatic carbocycles. The average Bonchev–Trinajstić information content (AvgIpc) is 3.30. The van der Waals surface area contributed by atoms with Gasteiger partial charge < -0.3 is 4.57 Å². The van der Waals surface area contributed by atoms with E-state index in [4.69, 9.17) is 0 Å². The predicted octanol–water partition coefficient (Wildman–Crippen LogP) is 10.6. The lowest BCUT2D eigenvalue weighted by atomic mass is 9.89. The van der Waals surface area contributed by atoms with Crippen LogP contribution in [0.5, 0.6) is 0 Å².